The van der Waals surface area contributed by atoms with Gasteiger partial charge in [0.15, 0.2) is 11.7 Å². The first-order chi connectivity index (χ1) is 24.8. The van der Waals surface area contributed by atoms with Crippen LogP contribution in [-0.4, -0.2) is 24.9 Å². The normalized spacial score (nSPS) is 16.2. The van der Waals surface area contributed by atoms with E-state index in [4.69, 9.17) is 9.98 Å². The van der Waals surface area contributed by atoms with E-state index >= 15 is 0 Å². The minimum Gasteiger partial charge on any atom is -0.261 e. The van der Waals surface area contributed by atoms with Gasteiger partial charge < -0.3 is 0 Å². The van der Waals surface area contributed by atoms with Crippen LogP contribution in [0, 0.1) is 0 Å². The Hall–Kier alpha value is -5.93. The average molecular weight is 648 g/mol. The molecule has 0 fully saturated rings. The van der Waals surface area contributed by atoms with Gasteiger partial charge in [-0.1, -0.05) is 164 Å². The molecule has 0 unspecified atom stereocenters. The SMILES string of the molecule is C=N/C(=N\C(=N/CC1=CCCC=C1)C1=CCC=C(c2ccccc2-c2ccccc2-c2ccccc2-c2ccccc2)C=C1)C1=CCCC=C1. The smallest absolute Gasteiger partial charge is 0.160 e. The zero-order valence-electron chi connectivity index (χ0n) is 28.4. The van der Waals surface area contributed by atoms with Gasteiger partial charge in [-0.05, 0) is 88.9 Å². The second kappa shape index (κ2) is 16.0. The summed E-state index contributed by atoms with van der Waals surface area (Å²) in [5.41, 5.74) is 12.8. The van der Waals surface area contributed by atoms with Crippen LogP contribution in [0.4, 0.5) is 0 Å². The van der Waals surface area contributed by atoms with Crippen molar-refractivity contribution in [1.82, 2.24) is 0 Å². The van der Waals surface area contributed by atoms with Gasteiger partial charge in [0.25, 0.3) is 0 Å². The third-order valence-electron chi connectivity index (χ3n) is 9.23. The number of allylic oxidation sites excluding steroid dienone is 8. The summed E-state index contributed by atoms with van der Waals surface area (Å²) in [6.45, 7) is 4.44. The summed E-state index contributed by atoms with van der Waals surface area (Å²) >= 11 is 0. The number of hydrogen-bond acceptors (Lipinski definition) is 1. The molecule has 0 saturated carbocycles. The molecule has 0 atom stereocenters. The molecular formula is C47H41N3. The fraction of sp³-hybridized carbons (Fsp3) is 0.128. The van der Waals surface area contributed by atoms with Crippen LogP contribution in [-0.2, 0) is 0 Å². The minimum absolute atomic E-state index is 0.574. The molecule has 4 aromatic rings. The Morgan fingerprint density at radius 3 is 1.72 bits per heavy atom. The molecule has 0 N–H and O–H groups in total. The first-order valence-electron chi connectivity index (χ1n) is 17.5. The average Bonchev–Trinajstić information content (AvgIpc) is 3.46. The Morgan fingerprint density at radius 2 is 1.08 bits per heavy atom. The molecule has 0 saturated heterocycles. The van der Waals surface area contributed by atoms with Gasteiger partial charge in [-0.3, -0.25) is 4.99 Å². The summed E-state index contributed by atoms with van der Waals surface area (Å²) in [6, 6.07) is 36.8. The zero-order valence-corrected chi connectivity index (χ0v) is 28.4. The first-order valence-corrected chi connectivity index (χ1v) is 17.5. The van der Waals surface area contributed by atoms with Crippen LogP contribution in [0.1, 0.15) is 37.7 Å². The van der Waals surface area contributed by atoms with Crippen molar-refractivity contribution in [3.05, 3.63) is 186 Å². The van der Waals surface area contributed by atoms with Gasteiger partial charge in [0.05, 0.1) is 6.54 Å². The lowest BCUT2D eigenvalue weighted by atomic mass is 9.86. The summed E-state index contributed by atoms with van der Waals surface area (Å²) in [6.07, 6.45) is 26.9. The Kier molecular flexibility index (Phi) is 10.4. The summed E-state index contributed by atoms with van der Waals surface area (Å²) in [5, 5.41) is 0. The molecule has 3 heteroatoms. The Bertz CT molecular complexity index is 2160. The van der Waals surface area contributed by atoms with Crippen molar-refractivity contribution >= 4 is 24.0 Å². The second-order valence-electron chi connectivity index (χ2n) is 12.5. The van der Waals surface area contributed by atoms with Gasteiger partial charge in [-0.25, -0.2) is 9.98 Å². The molecule has 0 spiro atoms. The van der Waals surface area contributed by atoms with Crippen LogP contribution >= 0.6 is 0 Å². The molecule has 0 aromatic heterocycles. The van der Waals surface area contributed by atoms with Crippen molar-refractivity contribution in [2.45, 2.75) is 32.1 Å². The standard InChI is InChI=1S/C47H41N3/c1-48-46(38-22-9-4-10-23-38)50-47(49-34-35-18-5-2-6-19-35)39-25-17-24-37(32-33-39)41-27-12-14-29-43(41)45-31-16-15-30-44(45)42-28-13-11-26-40(42)36-20-7-3-8-21-36/h3,5,7-9,11-16,18-33H,1-2,4,6,10,17,34H2/b49-47-,50-46-. The summed E-state index contributed by atoms with van der Waals surface area (Å²) < 4.78 is 0. The van der Waals surface area contributed by atoms with Crippen molar-refractivity contribution in [2.24, 2.45) is 15.0 Å². The molecule has 3 aliphatic rings. The molecule has 0 radical (unpaired) electrons. The van der Waals surface area contributed by atoms with E-state index in [1.807, 2.05) is 0 Å². The lowest BCUT2D eigenvalue weighted by molar-refractivity contribution is 0.994. The number of amidine groups is 2. The Labute approximate surface area is 296 Å². The third kappa shape index (κ3) is 7.53. The lowest BCUT2D eigenvalue weighted by Gasteiger charge is -2.17. The molecule has 0 aliphatic heterocycles. The van der Waals surface area contributed by atoms with Crippen molar-refractivity contribution in [3.63, 3.8) is 0 Å². The van der Waals surface area contributed by atoms with Crippen LogP contribution in [0.15, 0.2) is 196 Å². The molecule has 0 bridgehead atoms. The highest BCUT2D eigenvalue weighted by molar-refractivity contribution is 6.14. The molecular weight excluding hydrogens is 607 g/mol. The number of nitrogens with zero attached hydrogens (tertiary/aromatic N) is 3. The van der Waals surface area contributed by atoms with Crippen LogP contribution in [0.5, 0.6) is 0 Å². The van der Waals surface area contributed by atoms with E-state index in [0.29, 0.717) is 18.2 Å². The van der Waals surface area contributed by atoms with Gasteiger partial charge in [0, 0.05) is 11.1 Å². The number of benzene rings is 4. The van der Waals surface area contributed by atoms with E-state index in [0.717, 1.165) is 43.3 Å². The molecule has 3 aliphatic carbocycles. The maximum Gasteiger partial charge on any atom is 0.160 e. The lowest BCUT2D eigenvalue weighted by Crippen LogP contribution is -2.08. The number of hydrogen-bond donors (Lipinski definition) is 0. The van der Waals surface area contributed by atoms with Crippen LogP contribution in [0.3, 0.4) is 0 Å². The van der Waals surface area contributed by atoms with Gasteiger partial charge >= 0.3 is 0 Å². The Morgan fingerprint density at radius 1 is 0.500 bits per heavy atom. The predicted octanol–water partition coefficient (Wildman–Crippen LogP) is 12.0. The minimum atomic E-state index is 0.574. The van der Waals surface area contributed by atoms with Gasteiger partial charge in [0.2, 0.25) is 0 Å². The maximum atomic E-state index is 5.06. The molecule has 0 heterocycles. The fourth-order valence-electron chi connectivity index (χ4n) is 6.72. The van der Waals surface area contributed by atoms with Crippen molar-refractivity contribution < 1.29 is 0 Å². The quantitative estimate of drug-likeness (QED) is 0.135. The van der Waals surface area contributed by atoms with Crippen molar-refractivity contribution in [3.8, 4) is 33.4 Å². The molecule has 50 heavy (non-hydrogen) atoms. The van der Waals surface area contributed by atoms with Gasteiger partial charge in [-0.2, -0.15) is 0 Å². The van der Waals surface area contributed by atoms with Crippen molar-refractivity contribution in [1.29, 1.82) is 0 Å². The van der Waals surface area contributed by atoms with Crippen molar-refractivity contribution in [2.75, 3.05) is 6.54 Å². The van der Waals surface area contributed by atoms with E-state index in [9.17, 15) is 0 Å². The topological polar surface area (TPSA) is 37.1 Å². The molecule has 0 amide bonds. The van der Waals surface area contributed by atoms with Crippen LogP contribution in [0.2, 0.25) is 0 Å². The van der Waals surface area contributed by atoms with E-state index in [-0.39, 0.29) is 0 Å². The number of rotatable bonds is 8. The highest BCUT2D eigenvalue weighted by Crippen LogP contribution is 2.40. The first kappa shape index (κ1) is 32.6. The predicted molar refractivity (Wildman–Crippen MR) is 215 cm³/mol. The molecule has 4 aromatic carbocycles. The van der Waals surface area contributed by atoms with E-state index in [2.05, 4.69) is 176 Å². The van der Waals surface area contributed by atoms with Gasteiger partial charge in [-0.15, -0.1) is 0 Å². The van der Waals surface area contributed by atoms with E-state index in [1.165, 1.54) is 50.1 Å². The van der Waals surface area contributed by atoms with Crippen LogP contribution in [0.25, 0.3) is 39.0 Å². The highest BCUT2D eigenvalue weighted by atomic mass is 15.0. The van der Waals surface area contributed by atoms with E-state index in [1.54, 1.807) is 0 Å². The third-order valence-corrected chi connectivity index (χ3v) is 9.23. The second-order valence-corrected chi connectivity index (χ2v) is 12.5. The summed E-state index contributed by atoms with van der Waals surface area (Å²) in [7, 11) is 0. The van der Waals surface area contributed by atoms with Crippen LogP contribution < -0.4 is 0 Å². The monoisotopic (exact) mass is 647 g/mol. The molecule has 3 nitrogen and oxygen atoms in total. The van der Waals surface area contributed by atoms with Gasteiger partial charge in [0.1, 0.15) is 0 Å². The summed E-state index contributed by atoms with van der Waals surface area (Å²) in [4.78, 5) is 14.4. The summed E-state index contributed by atoms with van der Waals surface area (Å²) in [5.74, 6) is 1.28. The Balaban J connectivity index is 1.25. The fourth-order valence-corrected chi connectivity index (χ4v) is 6.72. The van der Waals surface area contributed by atoms with E-state index < -0.39 is 0 Å². The maximum absolute atomic E-state index is 5.06. The largest absolute Gasteiger partial charge is 0.261 e. The molecule has 244 valence electrons. The number of aliphatic imine (C=N–C) groups is 3. The zero-order chi connectivity index (χ0) is 34.0. The molecule has 7 rings (SSSR count). The highest BCUT2D eigenvalue weighted by Gasteiger charge is 2.17.